The van der Waals surface area contributed by atoms with Gasteiger partial charge in [0.25, 0.3) is 5.91 Å². The van der Waals surface area contributed by atoms with E-state index >= 15 is 0 Å². The molecule has 1 aliphatic heterocycles. The number of carbonyl (C=O) groups excluding carboxylic acids is 1. The third-order valence-corrected chi connectivity index (χ3v) is 4.35. The van der Waals surface area contributed by atoms with Crippen LogP contribution in [0, 0.1) is 6.92 Å². The van der Waals surface area contributed by atoms with Gasteiger partial charge in [-0.3, -0.25) is 4.79 Å². The highest BCUT2D eigenvalue weighted by Gasteiger charge is 2.27. The minimum atomic E-state index is 0.0878. The van der Waals surface area contributed by atoms with Crippen LogP contribution in [-0.4, -0.2) is 43.6 Å². The Morgan fingerprint density at radius 3 is 3.11 bits per heavy atom. The Bertz CT molecular complexity index is 564. The maximum absolute atomic E-state index is 12.4. The van der Waals surface area contributed by atoms with Crippen molar-refractivity contribution in [1.29, 1.82) is 0 Å². The van der Waals surface area contributed by atoms with Gasteiger partial charge in [-0.25, -0.2) is 14.6 Å². The van der Waals surface area contributed by atoms with Gasteiger partial charge in [0.2, 0.25) is 0 Å². The highest BCUT2D eigenvalue weighted by molar-refractivity contribution is 7.11. The minimum absolute atomic E-state index is 0.0878. The van der Waals surface area contributed by atoms with Crippen LogP contribution in [0.1, 0.15) is 34.2 Å². The molecule has 0 saturated carbocycles. The number of carbonyl (C=O) groups is 1. The SMILES string of the molecule is Cc1ncsc1C(=O)N1CCC[C@@H](n2cncn2)C1. The maximum atomic E-state index is 12.4. The second kappa shape index (κ2) is 5.08. The van der Waals surface area contributed by atoms with Crippen molar-refractivity contribution in [3.63, 3.8) is 0 Å². The Morgan fingerprint density at radius 1 is 1.53 bits per heavy atom. The standard InChI is InChI=1S/C12H15N5OS/c1-9-11(19-8-14-9)12(18)16-4-2-3-10(5-16)17-7-13-6-15-17/h6-8,10H,2-5H2,1H3/t10-/m1/s1. The van der Waals surface area contributed by atoms with Crippen LogP contribution >= 0.6 is 11.3 Å². The van der Waals surface area contributed by atoms with E-state index in [0.29, 0.717) is 6.54 Å². The van der Waals surface area contributed by atoms with Crippen molar-refractivity contribution in [1.82, 2.24) is 24.6 Å². The van der Waals surface area contributed by atoms with Crippen molar-refractivity contribution >= 4 is 17.2 Å². The number of amides is 1. The Morgan fingerprint density at radius 2 is 2.42 bits per heavy atom. The molecule has 7 heteroatoms. The normalized spacial score (nSPS) is 19.6. The van der Waals surface area contributed by atoms with Gasteiger partial charge in [-0.15, -0.1) is 11.3 Å². The zero-order chi connectivity index (χ0) is 13.2. The van der Waals surface area contributed by atoms with Crippen LogP contribution in [0.15, 0.2) is 18.2 Å². The molecule has 3 heterocycles. The van der Waals surface area contributed by atoms with Crippen LogP contribution in [0.5, 0.6) is 0 Å². The highest BCUT2D eigenvalue weighted by atomic mass is 32.1. The summed E-state index contributed by atoms with van der Waals surface area (Å²) in [7, 11) is 0. The molecule has 0 unspecified atom stereocenters. The van der Waals surface area contributed by atoms with Gasteiger partial charge < -0.3 is 4.90 Å². The van der Waals surface area contributed by atoms with Gasteiger partial charge in [0.1, 0.15) is 17.5 Å². The molecule has 0 aromatic carbocycles. The molecule has 100 valence electrons. The van der Waals surface area contributed by atoms with E-state index in [9.17, 15) is 4.79 Å². The Labute approximate surface area is 115 Å². The molecule has 3 rings (SSSR count). The van der Waals surface area contributed by atoms with Gasteiger partial charge in [0, 0.05) is 13.1 Å². The third kappa shape index (κ3) is 2.37. The molecule has 2 aromatic heterocycles. The first kappa shape index (κ1) is 12.3. The monoisotopic (exact) mass is 277 g/mol. The van der Waals surface area contributed by atoms with Gasteiger partial charge in [0.05, 0.1) is 17.2 Å². The van der Waals surface area contributed by atoms with Crippen molar-refractivity contribution in [2.45, 2.75) is 25.8 Å². The van der Waals surface area contributed by atoms with Crippen LogP contribution in [-0.2, 0) is 0 Å². The molecule has 0 spiro atoms. The molecular formula is C12H15N5OS. The van der Waals surface area contributed by atoms with Crippen LogP contribution in [0.2, 0.25) is 0 Å². The summed E-state index contributed by atoms with van der Waals surface area (Å²) in [6.45, 7) is 3.38. The van der Waals surface area contributed by atoms with Crippen molar-refractivity contribution in [3.8, 4) is 0 Å². The molecule has 0 radical (unpaired) electrons. The summed E-state index contributed by atoms with van der Waals surface area (Å²) in [5.41, 5.74) is 2.54. The maximum Gasteiger partial charge on any atom is 0.265 e. The number of piperidine rings is 1. The number of aromatic nitrogens is 4. The zero-order valence-corrected chi connectivity index (χ0v) is 11.5. The van der Waals surface area contributed by atoms with Gasteiger partial charge in [-0.2, -0.15) is 5.10 Å². The van der Waals surface area contributed by atoms with Crippen LogP contribution in [0.4, 0.5) is 0 Å². The Balaban J connectivity index is 1.75. The number of hydrogen-bond acceptors (Lipinski definition) is 5. The summed E-state index contributed by atoms with van der Waals surface area (Å²) >= 11 is 1.41. The molecule has 0 N–H and O–H groups in total. The number of likely N-dealkylation sites (tertiary alicyclic amines) is 1. The topological polar surface area (TPSA) is 63.9 Å². The van der Waals surface area contributed by atoms with E-state index in [4.69, 9.17) is 0 Å². The Hall–Kier alpha value is -1.76. The van der Waals surface area contributed by atoms with Crippen molar-refractivity contribution in [3.05, 3.63) is 28.7 Å². The molecule has 1 atom stereocenters. The smallest absolute Gasteiger partial charge is 0.265 e. The van der Waals surface area contributed by atoms with E-state index < -0.39 is 0 Å². The fourth-order valence-corrected chi connectivity index (χ4v) is 3.18. The lowest BCUT2D eigenvalue weighted by Gasteiger charge is -2.32. The lowest BCUT2D eigenvalue weighted by atomic mass is 10.1. The van der Waals surface area contributed by atoms with Gasteiger partial charge in [-0.05, 0) is 19.8 Å². The molecular weight excluding hydrogens is 262 g/mol. The quantitative estimate of drug-likeness (QED) is 0.835. The second-order valence-corrected chi connectivity index (χ2v) is 5.54. The van der Waals surface area contributed by atoms with Crippen LogP contribution in [0.25, 0.3) is 0 Å². The number of rotatable bonds is 2. The second-order valence-electron chi connectivity index (χ2n) is 4.69. The van der Waals surface area contributed by atoms with Gasteiger partial charge >= 0.3 is 0 Å². The third-order valence-electron chi connectivity index (χ3n) is 3.43. The average Bonchev–Trinajstić information content (AvgIpc) is 3.09. The number of thiazole rings is 1. The van der Waals surface area contributed by atoms with E-state index in [1.807, 2.05) is 16.5 Å². The van der Waals surface area contributed by atoms with E-state index in [1.165, 1.54) is 17.7 Å². The van der Waals surface area contributed by atoms with E-state index in [0.717, 1.165) is 30.0 Å². The predicted octanol–water partition coefficient (Wildman–Crippen LogP) is 1.52. The lowest BCUT2D eigenvalue weighted by Crippen LogP contribution is -2.40. The number of nitrogens with zero attached hydrogens (tertiary/aromatic N) is 5. The fourth-order valence-electron chi connectivity index (χ4n) is 2.41. The molecule has 6 nitrogen and oxygen atoms in total. The summed E-state index contributed by atoms with van der Waals surface area (Å²) in [6, 6.07) is 0.230. The molecule has 1 saturated heterocycles. The molecule has 19 heavy (non-hydrogen) atoms. The van der Waals surface area contributed by atoms with Gasteiger partial charge in [-0.1, -0.05) is 0 Å². The molecule has 1 fully saturated rings. The highest BCUT2D eigenvalue weighted by Crippen LogP contribution is 2.23. The first-order valence-corrected chi connectivity index (χ1v) is 7.17. The summed E-state index contributed by atoms with van der Waals surface area (Å²) in [5, 5.41) is 4.17. The minimum Gasteiger partial charge on any atom is -0.336 e. The summed E-state index contributed by atoms with van der Waals surface area (Å²) in [6.07, 6.45) is 5.29. The van der Waals surface area contributed by atoms with Gasteiger partial charge in [0.15, 0.2) is 0 Å². The van der Waals surface area contributed by atoms with Crippen molar-refractivity contribution in [2.24, 2.45) is 0 Å². The van der Waals surface area contributed by atoms with Crippen LogP contribution < -0.4 is 0 Å². The van der Waals surface area contributed by atoms with E-state index in [2.05, 4.69) is 15.1 Å². The lowest BCUT2D eigenvalue weighted by molar-refractivity contribution is 0.0676. The van der Waals surface area contributed by atoms with E-state index in [-0.39, 0.29) is 11.9 Å². The first-order chi connectivity index (χ1) is 9.25. The van der Waals surface area contributed by atoms with Crippen molar-refractivity contribution < 1.29 is 4.79 Å². The number of aryl methyl sites for hydroxylation is 1. The molecule has 0 aliphatic carbocycles. The molecule has 1 amide bonds. The summed E-state index contributed by atoms with van der Waals surface area (Å²) < 4.78 is 1.85. The van der Waals surface area contributed by atoms with E-state index in [1.54, 1.807) is 11.8 Å². The largest absolute Gasteiger partial charge is 0.336 e. The molecule has 0 bridgehead atoms. The Kier molecular flexibility index (Phi) is 3.29. The predicted molar refractivity (Wildman–Crippen MR) is 71.0 cm³/mol. The van der Waals surface area contributed by atoms with Crippen molar-refractivity contribution in [2.75, 3.05) is 13.1 Å². The summed E-state index contributed by atoms with van der Waals surface area (Å²) in [4.78, 5) is 23.2. The number of hydrogen-bond donors (Lipinski definition) is 0. The average molecular weight is 277 g/mol. The molecule has 1 aliphatic rings. The molecule has 2 aromatic rings. The zero-order valence-electron chi connectivity index (χ0n) is 10.7. The summed E-state index contributed by atoms with van der Waals surface area (Å²) in [5.74, 6) is 0.0878. The fraction of sp³-hybridized carbons (Fsp3) is 0.500. The van der Waals surface area contributed by atoms with Crippen LogP contribution in [0.3, 0.4) is 0 Å². The first-order valence-electron chi connectivity index (χ1n) is 6.29.